The number of rotatable bonds is 6. The molecule has 0 fully saturated rings. The highest BCUT2D eigenvalue weighted by atomic mass is 32.2. The molecule has 0 heterocycles. The molecule has 0 atom stereocenters. The molecule has 1 aromatic carbocycles. The van der Waals surface area contributed by atoms with Crippen LogP contribution in [-0.4, -0.2) is 15.0 Å². The fourth-order valence-electron chi connectivity index (χ4n) is 1.51. The third kappa shape index (κ3) is 5.19. The average molecular weight is 256 g/mol. The smallest absolute Gasteiger partial charge is 0.238 e. The van der Waals surface area contributed by atoms with Gasteiger partial charge in [0, 0.05) is 12.2 Å². The van der Waals surface area contributed by atoms with Gasteiger partial charge in [-0.1, -0.05) is 13.8 Å². The van der Waals surface area contributed by atoms with E-state index in [1.165, 1.54) is 18.6 Å². The second kappa shape index (κ2) is 6.02. The van der Waals surface area contributed by atoms with Crippen LogP contribution in [0.25, 0.3) is 0 Å². The number of hydrogen-bond acceptors (Lipinski definition) is 3. The van der Waals surface area contributed by atoms with Gasteiger partial charge < -0.3 is 5.32 Å². The number of sulfonamides is 1. The van der Waals surface area contributed by atoms with Crippen LogP contribution in [0.3, 0.4) is 0 Å². The largest absolute Gasteiger partial charge is 0.385 e. The van der Waals surface area contributed by atoms with Crippen molar-refractivity contribution >= 4 is 15.7 Å². The maximum atomic E-state index is 11.0. The van der Waals surface area contributed by atoms with Gasteiger partial charge in [-0.25, -0.2) is 13.6 Å². The predicted octanol–water partition coefficient (Wildman–Crippen LogP) is 2.18. The molecule has 4 nitrogen and oxygen atoms in total. The molecule has 0 aliphatic rings. The summed E-state index contributed by atoms with van der Waals surface area (Å²) in [7, 11) is -3.58. The van der Waals surface area contributed by atoms with Gasteiger partial charge in [0.1, 0.15) is 0 Å². The van der Waals surface area contributed by atoms with Crippen LogP contribution in [0.15, 0.2) is 29.2 Å². The molecular weight excluding hydrogens is 236 g/mol. The van der Waals surface area contributed by atoms with Crippen molar-refractivity contribution in [1.82, 2.24) is 0 Å². The SMILES string of the molecule is CC(C)CCCNc1ccc(S(N)(=O)=O)cc1. The van der Waals surface area contributed by atoms with Gasteiger partial charge in [0.15, 0.2) is 0 Å². The summed E-state index contributed by atoms with van der Waals surface area (Å²) in [5.41, 5.74) is 0.918. The van der Waals surface area contributed by atoms with Crippen LogP contribution in [0.4, 0.5) is 5.69 Å². The first-order valence-electron chi connectivity index (χ1n) is 5.76. The monoisotopic (exact) mass is 256 g/mol. The van der Waals surface area contributed by atoms with Crippen molar-refractivity contribution < 1.29 is 8.42 Å². The maximum Gasteiger partial charge on any atom is 0.238 e. The van der Waals surface area contributed by atoms with Gasteiger partial charge in [-0.2, -0.15) is 0 Å². The second-order valence-corrected chi connectivity index (χ2v) is 6.09. The lowest BCUT2D eigenvalue weighted by molar-refractivity contribution is 0.567. The summed E-state index contributed by atoms with van der Waals surface area (Å²) in [5, 5.41) is 8.26. The maximum absolute atomic E-state index is 11.0. The number of benzene rings is 1. The molecule has 0 bridgehead atoms. The first-order chi connectivity index (χ1) is 7.89. The Labute approximate surface area is 103 Å². The quantitative estimate of drug-likeness (QED) is 0.766. The highest BCUT2D eigenvalue weighted by Crippen LogP contribution is 2.13. The zero-order chi connectivity index (χ0) is 12.9. The van der Waals surface area contributed by atoms with Gasteiger partial charge in [-0.05, 0) is 43.0 Å². The van der Waals surface area contributed by atoms with Crippen molar-refractivity contribution in [2.24, 2.45) is 11.1 Å². The van der Waals surface area contributed by atoms with Crippen LogP contribution in [0.2, 0.25) is 0 Å². The third-order valence-electron chi connectivity index (χ3n) is 2.47. The summed E-state index contributed by atoms with van der Waals surface area (Å²) < 4.78 is 22.1. The van der Waals surface area contributed by atoms with Crippen molar-refractivity contribution in [3.63, 3.8) is 0 Å². The number of primary sulfonamides is 1. The minimum Gasteiger partial charge on any atom is -0.385 e. The van der Waals surface area contributed by atoms with E-state index in [1.807, 2.05) is 0 Å². The highest BCUT2D eigenvalue weighted by Gasteiger charge is 2.06. The summed E-state index contributed by atoms with van der Waals surface area (Å²) in [6, 6.07) is 6.49. The van der Waals surface area contributed by atoms with Gasteiger partial charge in [0.25, 0.3) is 0 Å². The topological polar surface area (TPSA) is 72.2 Å². The summed E-state index contributed by atoms with van der Waals surface area (Å²) >= 11 is 0. The Morgan fingerprint density at radius 3 is 2.29 bits per heavy atom. The van der Waals surface area contributed by atoms with Crippen LogP contribution < -0.4 is 10.5 Å². The molecule has 5 heteroatoms. The molecule has 0 saturated heterocycles. The summed E-state index contributed by atoms with van der Waals surface area (Å²) in [4.78, 5) is 0.144. The molecular formula is C12H20N2O2S. The Balaban J connectivity index is 2.46. The molecule has 0 amide bonds. The molecule has 0 unspecified atom stereocenters. The normalized spacial score (nSPS) is 11.8. The summed E-state index contributed by atoms with van der Waals surface area (Å²) in [5.74, 6) is 0.710. The molecule has 1 rings (SSSR count). The third-order valence-corrected chi connectivity index (χ3v) is 3.40. The first kappa shape index (κ1) is 14.0. The summed E-state index contributed by atoms with van der Waals surface area (Å²) in [6.45, 7) is 5.29. The Bertz CT molecular complexity index is 438. The molecule has 0 radical (unpaired) electrons. The molecule has 0 spiro atoms. The number of anilines is 1. The van der Waals surface area contributed by atoms with E-state index in [2.05, 4.69) is 19.2 Å². The molecule has 0 aromatic heterocycles. The van der Waals surface area contributed by atoms with Crippen molar-refractivity contribution in [3.8, 4) is 0 Å². The predicted molar refractivity (Wildman–Crippen MR) is 70.4 cm³/mol. The van der Waals surface area contributed by atoms with E-state index in [9.17, 15) is 8.42 Å². The molecule has 0 aliphatic heterocycles. The van der Waals surface area contributed by atoms with E-state index >= 15 is 0 Å². The van der Waals surface area contributed by atoms with E-state index in [0.717, 1.165) is 18.7 Å². The molecule has 3 N–H and O–H groups in total. The number of hydrogen-bond donors (Lipinski definition) is 2. The van der Waals surface area contributed by atoms with Gasteiger partial charge in [0.05, 0.1) is 4.90 Å². The second-order valence-electron chi connectivity index (χ2n) is 4.53. The van der Waals surface area contributed by atoms with Gasteiger partial charge in [0.2, 0.25) is 10.0 Å². The lowest BCUT2D eigenvalue weighted by Crippen LogP contribution is -2.12. The lowest BCUT2D eigenvalue weighted by atomic mass is 10.1. The van der Waals surface area contributed by atoms with E-state index < -0.39 is 10.0 Å². The van der Waals surface area contributed by atoms with Crippen LogP contribution in [0, 0.1) is 5.92 Å². The standard InChI is InChI=1S/C12H20N2O2S/c1-10(2)4-3-9-14-11-5-7-12(8-6-11)17(13,15)16/h5-8,10,14H,3-4,9H2,1-2H3,(H2,13,15,16). The number of nitrogens with one attached hydrogen (secondary N) is 1. The number of nitrogens with two attached hydrogens (primary N) is 1. The van der Waals surface area contributed by atoms with Crippen molar-refractivity contribution in [1.29, 1.82) is 0 Å². The van der Waals surface area contributed by atoms with E-state index in [-0.39, 0.29) is 4.90 Å². The highest BCUT2D eigenvalue weighted by molar-refractivity contribution is 7.89. The van der Waals surface area contributed by atoms with Crippen LogP contribution in [0.1, 0.15) is 26.7 Å². The summed E-state index contributed by atoms with van der Waals surface area (Å²) in [6.07, 6.45) is 2.29. The van der Waals surface area contributed by atoms with Crippen molar-refractivity contribution in [2.75, 3.05) is 11.9 Å². The Hall–Kier alpha value is -1.07. The minimum absolute atomic E-state index is 0.144. The zero-order valence-corrected chi connectivity index (χ0v) is 11.1. The van der Waals surface area contributed by atoms with E-state index in [0.29, 0.717) is 5.92 Å². The fraction of sp³-hybridized carbons (Fsp3) is 0.500. The van der Waals surface area contributed by atoms with Crippen molar-refractivity contribution in [2.45, 2.75) is 31.6 Å². The Morgan fingerprint density at radius 1 is 1.24 bits per heavy atom. The van der Waals surface area contributed by atoms with Crippen LogP contribution in [0.5, 0.6) is 0 Å². The van der Waals surface area contributed by atoms with Gasteiger partial charge in [-0.15, -0.1) is 0 Å². The molecule has 17 heavy (non-hydrogen) atoms. The first-order valence-corrected chi connectivity index (χ1v) is 7.31. The van der Waals surface area contributed by atoms with Crippen molar-refractivity contribution in [3.05, 3.63) is 24.3 Å². The Morgan fingerprint density at radius 2 is 1.82 bits per heavy atom. The van der Waals surface area contributed by atoms with E-state index in [4.69, 9.17) is 5.14 Å². The lowest BCUT2D eigenvalue weighted by Gasteiger charge is -2.08. The average Bonchev–Trinajstić information content (AvgIpc) is 2.23. The minimum atomic E-state index is -3.58. The zero-order valence-electron chi connectivity index (χ0n) is 10.3. The molecule has 1 aromatic rings. The Kier molecular flexibility index (Phi) is 4.96. The molecule has 96 valence electrons. The van der Waals surface area contributed by atoms with Crippen LogP contribution >= 0.6 is 0 Å². The molecule has 0 saturated carbocycles. The fourth-order valence-corrected chi connectivity index (χ4v) is 2.02. The van der Waals surface area contributed by atoms with Gasteiger partial charge in [-0.3, -0.25) is 0 Å². The van der Waals surface area contributed by atoms with Crippen LogP contribution in [-0.2, 0) is 10.0 Å². The van der Waals surface area contributed by atoms with E-state index in [1.54, 1.807) is 12.1 Å². The molecule has 0 aliphatic carbocycles. The van der Waals surface area contributed by atoms with Gasteiger partial charge >= 0.3 is 0 Å².